The van der Waals surface area contributed by atoms with Crippen molar-refractivity contribution < 1.29 is 28.6 Å². The molecular formula is C18H17NO6. The molecule has 7 nitrogen and oxygen atoms in total. The Morgan fingerprint density at radius 1 is 0.880 bits per heavy atom. The molecular weight excluding hydrogens is 326 g/mol. The first kappa shape index (κ1) is 18.0. The molecule has 0 saturated heterocycles. The van der Waals surface area contributed by atoms with E-state index in [-0.39, 0.29) is 17.1 Å². The Morgan fingerprint density at radius 2 is 1.44 bits per heavy atom. The molecule has 0 aromatic heterocycles. The molecule has 0 spiro atoms. The Balaban J connectivity index is 2.33. The van der Waals surface area contributed by atoms with Gasteiger partial charge in [-0.3, -0.25) is 14.4 Å². The molecule has 25 heavy (non-hydrogen) atoms. The minimum Gasteiger partial charge on any atom is -0.495 e. The summed E-state index contributed by atoms with van der Waals surface area (Å²) < 4.78 is 15.2. The van der Waals surface area contributed by atoms with E-state index in [9.17, 15) is 14.4 Å². The van der Waals surface area contributed by atoms with Gasteiger partial charge in [-0.25, -0.2) is 0 Å². The predicted octanol–water partition coefficient (Wildman–Crippen LogP) is 2.80. The van der Waals surface area contributed by atoms with Crippen LogP contribution in [0, 0.1) is 0 Å². The minimum atomic E-state index is -0.559. The number of carbonyl (C=O) groups excluding carboxylic acids is 3. The minimum absolute atomic E-state index is 0.0939. The number of carbonyl (C=O) groups is 3. The van der Waals surface area contributed by atoms with Crippen LogP contribution < -0.4 is 19.5 Å². The van der Waals surface area contributed by atoms with Crippen molar-refractivity contribution >= 4 is 23.5 Å². The lowest BCUT2D eigenvalue weighted by Gasteiger charge is -2.12. The van der Waals surface area contributed by atoms with Crippen LogP contribution in [0.1, 0.15) is 24.2 Å². The molecule has 0 radical (unpaired) electrons. The summed E-state index contributed by atoms with van der Waals surface area (Å²) in [5.74, 6) is -0.918. The van der Waals surface area contributed by atoms with Crippen molar-refractivity contribution in [1.82, 2.24) is 0 Å². The Bertz CT molecular complexity index is 781. The van der Waals surface area contributed by atoms with E-state index >= 15 is 0 Å². The highest BCUT2D eigenvalue weighted by Gasteiger charge is 2.14. The zero-order valence-electron chi connectivity index (χ0n) is 14.0. The molecule has 1 N–H and O–H groups in total. The second-order valence-electron chi connectivity index (χ2n) is 5.03. The molecule has 0 aliphatic carbocycles. The highest BCUT2D eigenvalue weighted by molar-refractivity contribution is 6.05. The first-order valence-corrected chi connectivity index (χ1v) is 7.35. The predicted molar refractivity (Wildman–Crippen MR) is 90.0 cm³/mol. The van der Waals surface area contributed by atoms with E-state index in [0.717, 1.165) is 0 Å². The van der Waals surface area contributed by atoms with Gasteiger partial charge >= 0.3 is 11.9 Å². The van der Waals surface area contributed by atoms with Gasteiger partial charge in [-0.15, -0.1) is 0 Å². The monoisotopic (exact) mass is 343 g/mol. The summed E-state index contributed by atoms with van der Waals surface area (Å²) in [5, 5.41) is 2.69. The molecule has 0 bridgehead atoms. The van der Waals surface area contributed by atoms with E-state index in [0.29, 0.717) is 11.4 Å². The first-order chi connectivity index (χ1) is 11.9. The quantitative estimate of drug-likeness (QED) is 0.663. The van der Waals surface area contributed by atoms with E-state index in [1.807, 2.05) is 0 Å². The lowest BCUT2D eigenvalue weighted by Crippen LogP contribution is -2.14. The number of benzene rings is 2. The van der Waals surface area contributed by atoms with Gasteiger partial charge < -0.3 is 19.5 Å². The lowest BCUT2D eigenvalue weighted by molar-refractivity contribution is -0.132. The third-order valence-corrected chi connectivity index (χ3v) is 3.02. The number of ether oxygens (including phenoxy) is 3. The third-order valence-electron chi connectivity index (χ3n) is 3.02. The Morgan fingerprint density at radius 3 is 1.96 bits per heavy atom. The number of rotatable bonds is 5. The highest BCUT2D eigenvalue weighted by atomic mass is 16.5. The number of hydrogen-bond donors (Lipinski definition) is 1. The number of amides is 1. The zero-order chi connectivity index (χ0) is 18.4. The van der Waals surface area contributed by atoms with E-state index in [1.54, 1.807) is 24.3 Å². The standard InChI is InChI=1S/C18H17NO6/c1-11(20)24-14-8-13(9-15(10-14)25-12(2)21)18(22)19-16-6-4-5-7-17(16)23-3/h4-10H,1-3H3,(H,19,22). The van der Waals surface area contributed by atoms with Crippen LogP contribution in [0.15, 0.2) is 42.5 Å². The van der Waals surface area contributed by atoms with Gasteiger partial charge in [0.15, 0.2) is 0 Å². The van der Waals surface area contributed by atoms with Crippen molar-refractivity contribution in [1.29, 1.82) is 0 Å². The second-order valence-corrected chi connectivity index (χ2v) is 5.03. The van der Waals surface area contributed by atoms with Gasteiger partial charge in [0.2, 0.25) is 0 Å². The lowest BCUT2D eigenvalue weighted by atomic mass is 10.1. The van der Waals surface area contributed by atoms with Crippen molar-refractivity contribution in [3.63, 3.8) is 0 Å². The topological polar surface area (TPSA) is 90.9 Å². The molecule has 2 aromatic rings. The van der Waals surface area contributed by atoms with E-state index in [1.165, 1.54) is 39.2 Å². The van der Waals surface area contributed by atoms with Gasteiger partial charge in [-0.05, 0) is 24.3 Å². The van der Waals surface area contributed by atoms with Gasteiger partial charge in [0, 0.05) is 25.5 Å². The first-order valence-electron chi connectivity index (χ1n) is 7.35. The van der Waals surface area contributed by atoms with Crippen LogP contribution >= 0.6 is 0 Å². The number of hydrogen-bond acceptors (Lipinski definition) is 6. The van der Waals surface area contributed by atoms with Gasteiger partial charge in [0.1, 0.15) is 17.2 Å². The van der Waals surface area contributed by atoms with E-state index < -0.39 is 17.8 Å². The molecule has 0 heterocycles. The van der Waals surface area contributed by atoms with Crippen LogP contribution in [0.4, 0.5) is 5.69 Å². The van der Waals surface area contributed by atoms with Crippen LogP contribution in [-0.2, 0) is 9.59 Å². The number of esters is 2. The van der Waals surface area contributed by atoms with Gasteiger partial charge in [-0.2, -0.15) is 0 Å². The Hall–Kier alpha value is -3.35. The van der Waals surface area contributed by atoms with Gasteiger partial charge in [0.25, 0.3) is 5.91 Å². The normalized spacial score (nSPS) is 9.88. The fraction of sp³-hybridized carbons (Fsp3) is 0.167. The van der Waals surface area contributed by atoms with E-state index in [2.05, 4.69) is 5.32 Å². The SMILES string of the molecule is COc1ccccc1NC(=O)c1cc(OC(C)=O)cc(OC(C)=O)c1. The summed E-state index contributed by atoms with van der Waals surface area (Å²) in [6, 6.07) is 11.0. The van der Waals surface area contributed by atoms with Crippen molar-refractivity contribution in [2.24, 2.45) is 0 Å². The molecule has 2 rings (SSSR count). The molecule has 0 unspecified atom stereocenters. The maximum absolute atomic E-state index is 12.5. The summed E-state index contributed by atoms with van der Waals surface area (Å²) in [6.07, 6.45) is 0. The molecule has 0 aliphatic rings. The third kappa shape index (κ3) is 5.07. The average molecular weight is 343 g/mol. The summed E-state index contributed by atoms with van der Waals surface area (Å²) in [7, 11) is 1.49. The molecule has 0 atom stereocenters. The smallest absolute Gasteiger partial charge is 0.308 e. The van der Waals surface area contributed by atoms with E-state index in [4.69, 9.17) is 14.2 Å². The van der Waals surface area contributed by atoms with Crippen molar-refractivity contribution in [3.8, 4) is 17.2 Å². The van der Waals surface area contributed by atoms with Crippen LogP contribution in [0.25, 0.3) is 0 Å². The Labute approximate surface area is 144 Å². The summed E-state index contributed by atoms with van der Waals surface area (Å²) in [6.45, 7) is 2.46. The number of methoxy groups -OCH3 is 1. The maximum atomic E-state index is 12.5. The van der Waals surface area contributed by atoms with Gasteiger partial charge in [-0.1, -0.05) is 12.1 Å². The fourth-order valence-electron chi connectivity index (χ4n) is 2.09. The molecule has 1 amide bonds. The second kappa shape index (κ2) is 7.96. The number of para-hydroxylation sites is 2. The fourth-order valence-corrected chi connectivity index (χ4v) is 2.09. The van der Waals surface area contributed by atoms with Crippen LogP contribution in [-0.4, -0.2) is 25.0 Å². The summed E-state index contributed by atoms with van der Waals surface area (Å²) >= 11 is 0. The van der Waals surface area contributed by atoms with Crippen molar-refractivity contribution in [2.75, 3.05) is 12.4 Å². The number of anilines is 1. The summed E-state index contributed by atoms with van der Waals surface area (Å²) in [4.78, 5) is 34.8. The largest absolute Gasteiger partial charge is 0.495 e. The number of nitrogens with one attached hydrogen (secondary N) is 1. The van der Waals surface area contributed by atoms with Crippen LogP contribution in [0.5, 0.6) is 17.2 Å². The van der Waals surface area contributed by atoms with Crippen LogP contribution in [0.3, 0.4) is 0 Å². The Kier molecular flexibility index (Phi) is 5.73. The van der Waals surface area contributed by atoms with Crippen molar-refractivity contribution in [3.05, 3.63) is 48.0 Å². The molecule has 2 aromatic carbocycles. The zero-order valence-corrected chi connectivity index (χ0v) is 14.0. The molecule has 0 fully saturated rings. The molecule has 0 saturated carbocycles. The van der Waals surface area contributed by atoms with Crippen molar-refractivity contribution in [2.45, 2.75) is 13.8 Å². The maximum Gasteiger partial charge on any atom is 0.308 e. The summed E-state index contributed by atoms with van der Waals surface area (Å²) in [5.41, 5.74) is 0.628. The highest BCUT2D eigenvalue weighted by Crippen LogP contribution is 2.27. The molecule has 7 heteroatoms. The molecule has 130 valence electrons. The molecule has 0 aliphatic heterocycles. The van der Waals surface area contributed by atoms with Crippen LogP contribution in [0.2, 0.25) is 0 Å². The van der Waals surface area contributed by atoms with Gasteiger partial charge in [0.05, 0.1) is 12.8 Å². The average Bonchev–Trinajstić information content (AvgIpc) is 2.53.